The fourth-order valence-corrected chi connectivity index (χ4v) is 3.45. The van der Waals surface area contributed by atoms with Crippen LogP contribution in [-0.2, 0) is 13.6 Å². The minimum Gasteiger partial charge on any atom is -0.308 e. The van der Waals surface area contributed by atoms with E-state index >= 15 is 0 Å². The highest BCUT2D eigenvalue weighted by molar-refractivity contribution is 5.64. The molecule has 1 aromatic carbocycles. The number of aromatic nitrogens is 2. The predicted molar refractivity (Wildman–Crippen MR) is 87.3 cm³/mol. The summed E-state index contributed by atoms with van der Waals surface area (Å²) in [7, 11) is 1.77. The average molecular weight is 337 g/mol. The van der Waals surface area contributed by atoms with Crippen LogP contribution in [0.2, 0.25) is 0 Å². The van der Waals surface area contributed by atoms with E-state index in [-0.39, 0.29) is 0 Å². The zero-order valence-corrected chi connectivity index (χ0v) is 14.0. The van der Waals surface area contributed by atoms with Crippen LogP contribution < -0.4 is 5.32 Å². The van der Waals surface area contributed by atoms with Gasteiger partial charge in [-0.1, -0.05) is 0 Å². The average Bonchev–Trinajstić information content (AvgIpc) is 2.80. The first kappa shape index (κ1) is 17.0. The molecule has 2 aromatic rings. The van der Waals surface area contributed by atoms with E-state index in [0.29, 0.717) is 36.7 Å². The van der Waals surface area contributed by atoms with Crippen LogP contribution in [-0.4, -0.2) is 22.0 Å². The maximum Gasteiger partial charge on any atom is 0.126 e. The molecule has 0 saturated heterocycles. The summed E-state index contributed by atoms with van der Waals surface area (Å²) in [6.07, 6.45) is 2.19. The lowest BCUT2D eigenvalue weighted by molar-refractivity contribution is 0.219. The highest BCUT2D eigenvalue weighted by Gasteiger charge is 2.21. The maximum absolute atomic E-state index is 13.5. The van der Waals surface area contributed by atoms with E-state index in [4.69, 9.17) is 0 Å². The standard InChI is InChI=1S/C18H22F3N3/c1-11-17(10-22-16-5-3-13(19)4-6-16)23-24(2)18(11)12-7-14(20)9-15(21)8-12/h7-9,13,16,22H,3-6,10H2,1-2H3/t13-,16+. The third kappa shape index (κ3) is 3.64. The molecule has 1 aliphatic carbocycles. The van der Waals surface area contributed by atoms with Crippen molar-refractivity contribution in [1.29, 1.82) is 0 Å². The number of nitrogens with zero attached hydrogens (tertiary/aromatic N) is 2. The van der Waals surface area contributed by atoms with E-state index in [9.17, 15) is 13.2 Å². The number of aryl methyl sites for hydroxylation is 1. The van der Waals surface area contributed by atoms with Crippen LogP contribution in [0, 0.1) is 18.6 Å². The Labute approximate surface area is 139 Å². The van der Waals surface area contributed by atoms with Gasteiger partial charge in [-0.25, -0.2) is 13.2 Å². The SMILES string of the molecule is Cc1c(CN[C@H]2CC[C@@H](F)CC2)nn(C)c1-c1cc(F)cc(F)c1. The van der Waals surface area contributed by atoms with Crippen molar-refractivity contribution in [3.05, 3.63) is 41.1 Å². The fraction of sp³-hybridized carbons (Fsp3) is 0.500. The van der Waals surface area contributed by atoms with Gasteiger partial charge in [-0.3, -0.25) is 4.68 Å². The third-order valence-corrected chi connectivity index (χ3v) is 4.73. The normalized spacial score (nSPS) is 21.2. The van der Waals surface area contributed by atoms with Crippen LogP contribution in [0.1, 0.15) is 36.9 Å². The molecule has 1 N–H and O–H groups in total. The van der Waals surface area contributed by atoms with E-state index in [2.05, 4.69) is 10.4 Å². The molecule has 0 aliphatic heterocycles. The Balaban J connectivity index is 1.76. The summed E-state index contributed by atoms with van der Waals surface area (Å²) < 4.78 is 41.8. The van der Waals surface area contributed by atoms with E-state index in [1.54, 1.807) is 11.7 Å². The maximum atomic E-state index is 13.5. The Morgan fingerprint density at radius 3 is 2.38 bits per heavy atom. The van der Waals surface area contributed by atoms with Gasteiger partial charge >= 0.3 is 0 Å². The molecular formula is C18H22F3N3. The highest BCUT2D eigenvalue weighted by Crippen LogP contribution is 2.27. The van der Waals surface area contributed by atoms with Gasteiger partial charge in [0.1, 0.15) is 17.8 Å². The molecule has 0 bridgehead atoms. The van der Waals surface area contributed by atoms with Crippen LogP contribution in [0.4, 0.5) is 13.2 Å². The highest BCUT2D eigenvalue weighted by atomic mass is 19.1. The Morgan fingerprint density at radius 1 is 1.12 bits per heavy atom. The summed E-state index contributed by atoms with van der Waals surface area (Å²) in [6, 6.07) is 3.78. The Bertz CT molecular complexity index is 698. The van der Waals surface area contributed by atoms with Crippen molar-refractivity contribution >= 4 is 0 Å². The molecule has 0 radical (unpaired) electrons. The number of nitrogens with one attached hydrogen (secondary N) is 1. The number of halogens is 3. The summed E-state index contributed by atoms with van der Waals surface area (Å²) in [5, 5.41) is 7.90. The Morgan fingerprint density at radius 2 is 1.75 bits per heavy atom. The smallest absolute Gasteiger partial charge is 0.126 e. The van der Waals surface area contributed by atoms with Gasteiger partial charge in [0, 0.05) is 31.3 Å². The van der Waals surface area contributed by atoms with Crippen molar-refractivity contribution in [3.63, 3.8) is 0 Å². The summed E-state index contributed by atoms with van der Waals surface area (Å²) in [6.45, 7) is 2.47. The first-order valence-corrected chi connectivity index (χ1v) is 8.30. The van der Waals surface area contributed by atoms with Gasteiger partial charge < -0.3 is 5.32 Å². The summed E-state index contributed by atoms with van der Waals surface area (Å²) in [5.41, 5.74) is 2.93. The number of rotatable bonds is 4. The van der Waals surface area contributed by atoms with Gasteiger partial charge in [0.05, 0.1) is 11.4 Å². The second-order valence-corrected chi connectivity index (χ2v) is 6.53. The minimum absolute atomic E-state index is 0.300. The molecule has 130 valence electrons. The Hall–Kier alpha value is -1.82. The van der Waals surface area contributed by atoms with Crippen LogP contribution in [0.15, 0.2) is 18.2 Å². The second kappa shape index (κ2) is 6.97. The summed E-state index contributed by atoms with van der Waals surface area (Å²) >= 11 is 0. The van der Waals surface area contributed by atoms with E-state index in [0.717, 1.165) is 30.2 Å². The van der Waals surface area contributed by atoms with Gasteiger partial charge in [0.15, 0.2) is 0 Å². The fourth-order valence-electron chi connectivity index (χ4n) is 3.45. The molecule has 3 rings (SSSR count). The number of hydrogen-bond donors (Lipinski definition) is 1. The lowest BCUT2D eigenvalue weighted by Crippen LogP contribution is -2.33. The van der Waals surface area contributed by atoms with E-state index < -0.39 is 17.8 Å². The zero-order chi connectivity index (χ0) is 17.3. The van der Waals surface area contributed by atoms with Crippen molar-refractivity contribution < 1.29 is 13.2 Å². The molecule has 24 heavy (non-hydrogen) atoms. The molecule has 6 heteroatoms. The molecule has 1 aromatic heterocycles. The van der Waals surface area contributed by atoms with Crippen LogP contribution in [0.3, 0.4) is 0 Å². The van der Waals surface area contributed by atoms with Crippen LogP contribution >= 0.6 is 0 Å². The van der Waals surface area contributed by atoms with E-state index in [1.165, 1.54) is 12.1 Å². The second-order valence-electron chi connectivity index (χ2n) is 6.53. The van der Waals surface area contributed by atoms with Gasteiger partial charge in [0.2, 0.25) is 0 Å². The molecule has 1 heterocycles. The molecular weight excluding hydrogens is 315 g/mol. The van der Waals surface area contributed by atoms with Gasteiger partial charge in [-0.15, -0.1) is 0 Å². The molecule has 1 saturated carbocycles. The molecule has 0 amide bonds. The van der Waals surface area contributed by atoms with Crippen molar-refractivity contribution in [1.82, 2.24) is 15.1 Å². The quantitative estimate of drug-likeness (QED) is 0.912. The number of alkyl halides is 1. The van der Waals surface area contributed by atoms with Crippen LogP contribution in [0.25, 0.3) is 11.3 Å². The monoisotopic (exact) mass is 337 g/mol. The van der Waals surface area contributed by atoms with Crippen molar-refractivity contribution in [2.45, 2.75) is 51.4 Å². The van der Waals surface area contributed by atoms with Crippen molar-refractivity contribution in [2.75, 3.05) is 0 Å². The van der Waals surface area contributed by atoms with Crippen molar-refractivity contribution in [3.8, 4) is 11.3 Å². The summed E-state index contributed by atoms with van der Waals surface area (Å²) in [5.74, 6) is -1.21. The molecule has 0 unspecified atom stereocenters. The van der Waals surface area contributed by atoms with Gasteiger partial charge in [-0.2, -0.15) is 5.10 Å². The number of hydrogen-bond acceptors (Lipinski definition) is 2. The van der Waals surface area contributed by atoms with E-state index in [1.807, 2.05) is 6.92 Å². The largest absolute Gasteiger partial charge is 0.308 e. The number of benzene rings is 1. The molecule has 1 fully saturated rings. The third-order valence-electron chi connectivity index (χ3n) is 4.73. The molecule has 3 nitrogen and oxygen atoms in total. The topological polar surface area (TPSA) is 29.9 Å². The molecule has 1 aliphatic rings. The Kier molecular flexibility index (Phi) is 4.94. The van der Waals surface area contributed by atoms with Gasteiger partial charge in [0.25, 0.3) is 0 Å². The lowest BCUT2D eigenvalue weighted by Gasteiger charge is -2.24. The predicted octanol–water partition coefficient (Wildman–Crippen LogP) is 4.04. The molecule has 0 atom stereocenters. The van der Waals surface area contributed by atoms with Crippen LogP contribution in [0.5, 0.6) is 0 Å². The zero-order valence-electron chi connectivity index (χ0n) is 14.0. The first-order chi connectivity index (χ1) is 11.4. The van der Waals surface area contributed by atoms with Crippen molar-refractivity contribution in [2.24, 2.45) is 7.05 Å². The first-order valence-electron chi connectivity index (χ1n) is 8.30. The summed E-state index contributed by atoms with van der Waals surface area (Å²) in [4.78, 5) is 0. The van der Waals surface area contributed by atoms with Gasteiger partial charge in [-0.05, 0) is 50.3 Å². The molecule has 0 spiro atoms. The lowest BCUT2D eigenvalue weighted by atomic mass is 9.94. The minimum atomic E-state index is -0.672.